The van der Waals surface area contributed by atoms with Gasteiger partial charge >= 0.3 is 7.12 Å². The zero-order valence-electron chi connectivity index (χ0n) is 21.8. The molecule has 2 aromatic rings. The van der Waals surface area contributed by atoms with Crippen LogP contribution >= 0.6 is 0 Å². The van der Waals surface area contributed by atoms with Crippen molar-refractivity contribution in [1.29, 1.82) is 0 Å². The van der Waals surface area contributed by atoms with Crippen LogP contribution in [0.4, 0.5) is 0 Å². The Morgan fingerprint density at radius 2 is 1.78 bits per heavy atom. The van der Waals surface area contributed by atoms with E-state index in [0.717, 1.165) is 37.9 Å². The topological polar surface area (TPSA) is 93.7 Å². The summed E-state index contributed by atoms with van der Waals surface area (Å²) in [6, 6.07) is 9.04. The van der Waals surface area contributed by atoms with Crippen LogP contribution in [0.5, 0.6) is 0 Å². The van der Waals surface area contributed by atoms with Gasteiger partial charge in [-0.2, -0.15) is 0 Å². The summed E-state index contributed by atoms with van der Waals surface area (Å²) in [6.07, 6.45) is 7.68. The molecule has 1 aliphatic heterocycles. The number of hydrogen-bond acceptors (Lipinski definition) is 7. The normalized spacial score (nSPS) is 17.4. The van der Waals surface area contributed by atoms with Crippen molar-refractivity contribution in [3.63, 3.8) is 0 Å². The van der Waals surface area contributed by atoms with E-state index in [1.54, 1.807) is 0 Å². The smallest absolute Gasteiger partial charge is 0.411 e. The number of ketones is 1. The lowest BCUT2D eigenvalue weighted by molar-refractivity contribution is -0.121. The average Bonchev–Trinajstić information content (AvgIpc) is 2.88. The third kappa shape index (κ3) is 9.45. The van der Waals surface area contributed by atoms with Crippen LogP contribution in [0.3, 0.4) is 0 Å². The van der Waals surface area contributed by atoms with Gasteiger partial charge in [0.1, 0.15) is 5.69 Å². The molecule has 194 valence electrons. The number of nitrogens with one attached hydrogen (secondary N) is 1. The third-order valence-electron chi connectivity index (χ3n) is 6.33. The van der Waals surface area contributed by atoms with Crippen LogP contribution in [0.1, 0.15) is 55.6 Å². The molecule has 8 nitrogen and oxygen atoms in total. The number of Topliss-reactive ketones (excluding diaryl/α,β-unsaturated/α-hetero) is 1. The molecule has 0 bridgehead atoms. The number of nitrogens with zero attached hydrogens (tertiary/aromatic N) is 3. The Balaban J connectivity index is 1.75. The van der Waals surface area contributed by atoms with E-state index in [1.807, 2.05) is 30.3 Å². The maximum atomic E-state index is 13.7. The molecule has 36 heavy (non-hydrogen) atoms. The molecule has 0 aliphatic carbocycles. The van der Waals surface area contributed by atoms with Crippen molar-refractivity contribution >= 4 is 18.8 Å². The molecule has 0 saturated carbocycles. The van der Waals surface area contributed by atoms with Crippen LogP contribution in [-0.4, -0.2) is 73.1 Å². The van der Waals surface area contributed by atoms with Gasteiger partial charge in [0.05, 0.1) is 12.2 Å². The largest absolute Gasteiger partial charge is 0.460 e. The van der Waals surface area contributed by atoms with E-state index in [9.17, 15) is 9.59 Å². The lowest BCUT2D eigenvalue weighted by Gasteiger charge is -2.28. The first-order valence-electron chi connectivity index (χ1n) is 13.0. The lowest BCUT2D eigenvalue weighted by atomic mass is 9.64. The Morgan fingerprint density at radius 3 is 2.39 bits per heavy atom. The van der Waals surface area contributed by atoms with Crippen molar-refractivity contribution in [2.75, 3.05) is 33.4 Å². The van der Waals surface area contributed by atoms with Gasteiger partial charge in [-0.3, -0.25) is 14.6 Å². The standard InChI is InChI=1S/C27H39BN4O4/c1-21(2)17-23(28-35-15-7-13-32(3)14-8-16-36-28)19-26(33)24(18-22-9-5-4-6-10-22)31-27(34)25-20-29-11-12-30-25/h4-6,9-12,20-21,23-24H,7-8,13-19H2,1-3H3,(H,31,34)/t23-,24+/m1/s1. The molecule has 3 rings (SSSR count). The van der Waals surface area contributed by atoms with Crippen molar-refractivity contribution in [2.45, 2.75) is 57.8 Å². The van der Waals surface area contributed by atoms with E-state index < -0.39 is 19.1 Å². The number of hydrogen-bond donors (Lipinski definition) is 1. The molecule has 0 radical (unpaired) electrons. The minimum absolute atomic E-state index is 0.0363. The summed E-state index contributed by atoms with van der Waals surface area (Å²) in [5.74, 6) is -0.168. The summed E-state index contributed by atoms with van der Waals surface area (Å²) < 4.78 is 12.3. The van der Waals surface area contributed by atoms with Crippen LogP contribution in [0, 0.1) is 5.92 Å². The van der Waals surface area contributed by atoms with Crippen molar-refractivity contribution < 1.29 is 18.9 Å². The number of carbonyl (C=O) groups excluding carboxylic acids is 2. The molecular formula is C27H39BN4O4. The zero-order chi connectivity index (χ0) is 25.8. The van der Waals surface area contributed by atoms with E-state index in [1.165, 1.54) is 18.6 Å². The molecule has 2 heterocycles. The minimum atomic E-state index is -0.690. The Bertz CT molecular complexity index is 920. The van der Waals surface area contributed by atoms with Crippen LogP contribution in [0.25, 0.3) is 0 Å². The second-order valence-corrected chi connectivity index (χ2v) is 9.99. The Labute approximate surface area is 215 Å². The molecule has 1 aromatic carbocycles. The molecule has 9 heteroatoms. The van der Waals surface area contributed by atoms with Gasteiger partial charge in [0.2, 0.25) is 0 Å². The number of amides is 1. The summed E-state index contributed by atoms with van der Waals surface area (Å²) in [6.45, 7) is 7.43. The van der Waals surface area contributed by atoms with Crippen molar-refractivity contribution in [1.82, 2.24) is 20.2 Å². The van der Waals surface area contributed by atoms with Gasteiger partial charge in [-0.15, -0.1) is 0 Å². The van der Waals surface area contributed by atoms with Gasteiger partial charge in [0, 0.05) is 37.8 Å². The number of rotatable bonds is 10. The summed E-state index contributed by atoms with van der Waals surface area (Å²) in [7, 11) is 1.68. The molecule has 0 spiro atoms. The highest BCUT2D eigenvalue weighted by Crippen LogP contribution is 2.28. The average molecular weight is 494 g/mol. The van der Waals surface area contributed by atoms with E-state index in [0.29, 0.717) is 25.6 Å². The summed E-state index contributed by atoms with van der Waals surface area (Å²) in [4.78, 5) is 36.9. The fraction of sp³-hybridized carbons (Fsp3) is 0.556. The SMILES string of the molecule is CC(C)C[C@H](CC(=O)[C@H](Cc1ccccc1)NC(=O)c1cnccn1)B1OCCCN(C)CCCO1. The predicted molar refractivity (Wildman–Crippen MR) is 141 cm³/mol. The molecule has 1 aromatic heterocycles. The van der Waals surface area contributed by atoms with E-state index in [2.05, 4.69) is 41.1 Å². The molecule has 1 aliphatic rings. The lowest BCUT2D eigenvalue weighted by Crippen LogP contribution is -2.44. The van der Waals surface area contributed by atoms with Gasteiger partial charge in [-0.1, -0.05) is 44.2 Å². The maximum absolute atomic E-state index is 13.7. The van der Waals surface area contributed by atoms with Gasteiger partial charge in [-0.25, -0.2) is 4.98 Å². The fourth-order valence-corrected chi connectivity index (χ4v) is 4.54. The second-order valence-electron chi connectivity index (χ2n) is 9.99. The quantitative estimate of drug-likeness (QED) is 0.506. The number of aromatic nitrogens is 2. The zero-order valence-corrected chi connectivity index (χ0v) is 21.8. The first-order valence-corrected chi connectivity index (χ1v) is 13.0. The molecule has 2 atom stereocenters. The molecule has 1 amide bonds. The van der Waals surface area contributed by atoms with Crippen LogP contribution in [0.2, 0.25) is 5.82 Å². The van der Waals surface area contributed by atoms with Crippen molar-refractivity contribution in [3.8, 4) is 0 Å². The third-order valence-corrected chi connectivity index (χ3v) is 6.33. The highest BCUT2D eigenvalue weighted by Gasteiger charge is 2.35. The van der Waals surface area contributed by atoms with Crippen LogP contribution in [-0.2, 0) is 20.5 Å². The van der Waals surface area contributed by atoms with E-state index in [4.69, 9.17) is 9.31 Å². The highest BCUT2D eigenvalue weighted by atomic mass is 16.6. The molecule has 1 fully saturated rings. The minimum Gasteiger partial charge on any atom is -0.411 e. The predicted octanol–water partition coefficient (Wildman–Crippen LogP) is 3.44. The van der Waals surface area contributed by atoms with Crippen molar-refractivity contribution in [3.05, 3.63) is 60.2 Å². The van der Waals surface area contributed by atoms with Gasteiger partial charge < -0.3 is 19.5 Å². The molecule has 1 saturated heterocycles. The van der Waals surface area contributed by atoms with Crippen LogP contribution < -0.4 is 5.32 Å². The van der Waals surface area contributed by atoms with Gasteiger partial charge in [0.25, 0.3) is 5.91 Å². The number of carbonyl (C=O) groups is 2. The Hall–Kier alpha value is -2.62. The summed E-state index contributed by atoms with van der Waals surface area (Å²) in [5, 5.41) is 2.91. The summed E-state index contributed by atoms with van der Waals surface area (Å²) >= 11 is 0. The Morgan fingerprint density at radius 1 is 1.08 bits per heavy atom. The van der Waals surface area contributed by atoms with Crippen molar-refractivity contribution in [2.24, 2.45) is 5.92 Å². The molecule has 1 N–H and O–H groups in total. The number of benzene rings is 1. The monoisotopic (exact) mass is 494 g/mol. The first-order chi connectivity index (χ1) is 17.4. The van der Waals surface area contributed by atoms with Gasteiger partial charge in [0.15, 0.2) is 5.78 Å². The second kappa shape index (κ2) is 14.8. The maximum Gasteiger partial charge on any atom is 0.460 e. The van der Waals surface area contributed by atoms with Crippen LogP contribution in [0.15, 0.2) is 48.9 Å². The Kier molecular flexibility index (Phi) is 11.5. The van der Waals surface area contributed by atoms with E-state index >= 15 is 0 Å². The van der Waals surface area contributed by atoms with Gasteiger partial charge in [-0.05, 0) is 57.3 Å². The fourth-order valence-electron chi connectivity index (χ4n) is 4.54. The summed E-state index contributed by atoms with van der Waals surface area (Å²) in [5.41, 5.74) is 1.16. The first kappa shape index (κ1) is 28.0. The van der Waals surface area contributed by atoms with E-state index in [-0.39, 0.29) is 23.7 Å². The molecule has 0 unspecified atom stereocenters. The molecular weight excluding hydrogens is 455 g/mol. The highest BCUT2D eigenvalue weighted by molar-refractivity contribution is 6.47.